The molecule has 2 N–H and O–H groups in total. The van der Waals surface area contributed by atoms with E-state index in [2.05, 4.69) is 15.7 Å². The standard InChI is InChI=1S/C19H18N4O5/c1-2-19(14-6-4-3-5-7-14)17(26)23(18(27)21-19)22-15(24)12-28-16(25)13-8-10-20-11-9-13/h3-11H,2,12H2,1H3,(H,21,27)(H,22,24)/t19-/m0/s1. The van der Waals surface area contributed by atoms with Crippen LogP contribution in [0.15, 0.2) is 54.9 Å². The van der Waals surface area contributed by atoms with Gasteiger partial charge in [-0.25, -0.2) is 9.59 Å². The van der Waals surface area contributed by atoms with E-state index in [0.29, 0.717) is 17.0 Å². The van der Waals surface area contributed by atoms with E-state index in [4.69, 9.17) is 4.74 Å². The number of hydrogen-bond acceptors (Lipinski definition) is 6. The number of ether oxygens (including phenoxy) is 1. The number of aromatic nitrogens is 1. The van der Waals surface area contributed by atoms with Crippen molar-refractivity contribution < 1.29 is 23.9 Å². The van der Waals surface area contributed by atoms with Crippen molar-refractivity contribution in [2.75, 3.05) is 6.61 Å². The lowest BCUT2D eigenvalue weighted by molar-refractivity contribution is -0.140. The van der Waals surface area contributed by atoms with E-state index in [1.165, 1.54) is 24.5 Å². The number of hydrogen-bond donors (Lipinski definition) is 2. The molecule has 9 nitrogen and oxygen atoms in total. The normalized spacial score (nSPS) is 18.5. The van der Waals surface area contributed by atoms with Crippen molar-refractivity contribution in [2.45, 2.75) is 18.9 Å². The van der Waals surface area contributed by atoms with Gasteiger partial charge in [0, 0.05) is 12.4 Å². The summed E-state index contributed by atoms with van der Waals surface area (Å²) >= 11 is 0. The van der Waals surface area contributed by atoms with Gasteiger partial charge in [0.25, 0.3) is 11.8 Å². The van der Waals surface area contributed by atoms with E-state index in [1.807, 2.05) is 0 Å². The predicted molar refractivity (Wildman–Crippen MR) is 96.5 cm³/mol. The molecule has 2 aromatic rings. The molecule has 0 unspecified atom stereocenters. The van der Waals surface area contributed by atoms with Gasteiger partial charge in [-0.3, -0.25) is 20.0 Å². The third-order valence-corrected chi connectivity index (χ3v) is 4.38. The van der Waals surface area contributed by atoms with Crippen molar-refractivity contribution >= 4 is 23.8 Å². The Labute approximate surface area is 160 Å². The minimum Gasteiger partial charge on any atom is -0.452 e. The maximum atomic E-state index is 12.9. The summed E-state index contributed by atoms with van der Waals surface area (Å²) in [6.07, 6.45) is 3.13. The van der Waals surface area contributed by atoms with Crippen LogP contribution in [0.4, 0.5) is 4.79 Å². The van der Waals surface area contributed by atoms with Crippen LogP contribution >= 0.6 is 0 Å². The number of nitrogens with zero attached hydrogens (tertiary/aromatic N) is 2. The monoisotopic (exact) mass is 382 g/mol. The minimum absolute atomic E-state index is 0.229. The van der Waals surface area contributed by atoms with Gasteiger partial charge in [0.15, 0.2) is 6.61 Å². The van der Waals surface area contributed by atoms with Crippen LogP contribution in [0.3, 0.4) is 0 Å². The van der Waals surface area contributed by atoms with E-state index in [0.717, 1.165) is 0 Å². The second-order valence-electron chi connectivity index (χ2n) is 6.04. The summed E-state index contributed by atoms with van der Waals surface area (Å²) in [4.78, 5) is 52.9. The highest BCUT2D eigenvalue weighted by Crippen LogP contribution is 2.31. The first-order valence-electron chi connectivity index (χ1n) is 8.57. The van der Waals surface area contributed by atoms with E-state index in [9.17, 15) is 19.2 Å². The Balaban J connectivity index is 1.65. The number of esters is 1. The number of rotatable bonds is 6. The largest absolute Gasteiger partial charge is 0.452 e. The van der Waals surface area contributed by atoms with Crippen LogP contribution < -0.4 is 10.7 Å². The molecule has 0 saturated carbocycles. The molecule has 3 rings (SSSR count). The number of imide groups is 1. The molecule has 1 aromatic heterocycles. The zero-order valence-corrected chi connectivity index (χ0v) is 15.0. The summed E-state index contributed by atoms with van der Waals surface area (Å²) in [5, 5.41) is 3.25. The molecule has 0 spiro atoms. The average Bonchev–Trinajstić information content (AvgIpc) is 2.98. The van der Waals surface area contributed by atoms with Crippen LogP contribution in [0, 0.1) is 0 Å². The fourth-order valence-electron chi connectivity index (χ4n) is 2.90. The molecule has 0 radical (unpaired) electrons. The summed E-state index contributed by atoms with van der Waals surface area (Å²) in [5.41, 5.74) is 1.76. The Hall–Kier alpha value is -3.75. The van der Waals surface area contributed by atoms with Gasteiger partial charge in [-0.05, 0) is 24.1 Å². The summed E-state index contributed by atoms with van der Waals surface area (Å²) in [5.74, 6) is -2.15. The van der Waals surface area contributed by atoms with Crippen LogP contribution in [-0.2, 0) is 19.9 Å². The molecule has 1 atom stereocenters. The number of hydrazine groups is 1. The molecule has 144 valence electrons. The third kappa shape index (κ3) is 3.54. The van der Waals surface area contributed by atoms with Crippen molar-refractivity contribution in [3.63, 3.8) is 0 Å². The number of pyridine rings is 1. The number of nitrogens with one attached hydrogen (secondary N) is 2. The predicted octanol–water partition coefficient (Wildman–Crippen LogP) is 1.13. The van der Waals surface area contributed by atoms with Crippen LogP contribution in [0.5, 0.6) is 0 Å². The van der Waals surface area contributed by atoms with Gasteiger partial charge < -0.3 is 10.1 Å². The highest BCUT2D eigenvalue weighted by molar-refractivity contribution is 6.08. The van der Waals surface area contributed by atoms with E-state index >= 15 is 0 Å². The van der Waals surface area contributed by atoms with E-state index in [-0.39, 0.29) is 5.56 Å². The molecule has 2 heterocycles. The molecule has 4 amide bonds. The van der Waals surface area contributed by atoms with Crippen molar-refractivity contribution in [1.82, 2.24) is 20.7 Å². The minimum atomic E-state index is -1.26. The zero-order valence-electron chi connectivity index (χ0n) is 15.0. The molecular formula is C19H18N4O5. The lowest BCUT2D eigenvalue weighted by atomic mass is 9.87. The molecule has 1 aliphatic rings. The number of amides is 4. The Morgan fingerprint density at radius 2 is 1.82 bits per heavy atom. The van der Waals surface area contributed by atoms with Crippen molar-refractivity contribution in [3.05, 3.63) is 66.0 Å². The van der Waals surface area contributed by atoms with Gasteiger partial charge in [-0.2, -0.15) is 5.01 Å². The van der Waals surface area contributed by atoms with Gasteiger partial charge in [-0.15, -0.1) is 0 Å². The molecule has 0 aliphatic carbocycles. The van der Waals surface area contributed by atoms with Gasteiger partial charge >= 0.3 is 12.0 Å². The van der Waals surface area contributed by atoms with Crippen LogP contribution in [0.25, 0.3) is 0 Å². The van der Waals surface area contributed by atoms with Crippen LogP contribution in [0.2, 0.25) is 0 Å². The zero-order chi connectivity index (χ0) is 20.1. The highest BCUT2D eigenvalue weighted by Gasteiger charge is 2.52. The smallest absolute Gasteiger partial charge is 0.344 e. The van der Waals surface area contributed by atoms with Crippen LogP contribution in [0.1, 0.15) is 29.3 Å². The van der Waals surface area contributed by atoms with E-state index < -0.39 is 36.0 Å². The van der Waals surface area contributed by atoms with Crippen molar-refractivity contribution in [3.8, 4) is 0 Å². The Bertz CT molecular complexity index is 903. The molecule has 1 saturated heterocycles. The van der Waals surface area contributed by atoms with Gasteiger partial charge in [0.2, 0.25) is 0 Å². The molecule has 1 fully saturated rings. The first-order chi connectivity index (χ1) is 13.5. The number of carbonyl (C=O) groups is 4. The van der Waals surface area contributed by atoms with Crippen LogP contribution in [-0.4, -0.2) is 40.4 Å². The second-order valence-corrected chi connectivity index (χ2v) is 6.04. The van der Waals surface area contributed by atoms with E-state index in [1.54, 1.807) is 37.3 Å². The maximum Gasteiger partial charge on any atom is 0.344 e. The highest BCUT2D eigenvalue weighted by atomic mass is 16.5. The SMILES string of the molecule is CC[C@@]1(c2ccccc2)NC(=O)N(NC(=O)COC(=O)c2ccncc2)C1=O. The number of benzene rings is 1. The molecule has 1 aromatic carbocycles. The quantitative estimate of drug-likeness (QED) is 0.571. The molecular weight excluding hydrogens is 364 g/mol. The van der Waals surface area contributed by atoms with Gasteiger partial charge in [0.05, 0.1) is 5.56 Å². The Kier molecular flexibility index (Phi) is 5.35. The maximum absolute atomic E-state index is 12.9. The average molecular weight is 382 g/mol. The fraction of sp³-hybridized carbons (Fsp3) is 0.211. The molecule has 9 heteroatoms. The summed E-state index contributed by atoms with van der Waals surface area (Å²) in [7, 11) is 0. The van der Waals surface area contributed by atoms with Gasteiger partial charge in [0.1, 0.15) is 5.54 Å². The first kappa shape index (κ1) is 19.0. The lowest BCUT2D eigenvalue weighted by Crippen LogP contribution is -2.49. The summed E-state index contributed by atoms with van der Waals surface area (Å²) in [6.45, 7) is 1.11. The lowest BCUT2D eigenvalue weighted by Gasteiger charge is -2.25. The Morgan fingerprint density at radius 3 is 2.46 bits per heavy atom. The molecule has 28 heavy (non-hydrogen) atoms. The molecule has 0 bridgehead atoms. The fourth-order valence-corrected chi connectivity index (χ4v) is 2.90. The summed E-state index contributed by atoms with van der Waals surface area (Å²) in [6, 6.07) is 10.9. The summed E-state index contributed by atoms with van der Waals surface area (Å²) < 4.78 is 4.89. The van der Waals surface area contributed by atoms with Crippen molar-refractivity contribution in [1.29, 1.82) is 0 Å². The van der Waals surface area contributed by atoms with Gasteiger partial charge in [-0.1, -0.05) is 37.3 Å². The van der Waals surface area contributed by atoms with Crippen molar-refractivity contribution in [2.24, 2.45) is 0 Å². The molecule has 1 aliphatic heterocycles. The first-order valence-corrected chi connectivity index (χ1v) is 8.57. The Morgan fingerprint density at radius 1 is 1.14 bits per heavy atom. The number of carbonyl (C=O) groups excluding carboxylic acids is 4. The topological polar surface area (TPSA) is 118 Å². The third-order valence-electron chi connectivity index (χ3n) is 4.38. The number of urea groups is 1. The second kappa shape index (κ2) is 7.87.